The lowest BCUT2D eigenvalue weighted by Crippen LogP contribution is -2.49. The van der Waals surface area contributed by atoms with E-state index in [0.717, 1.165) is 11.2 Å². The standard InChI is InChI=1S/C29H38ClN5O9S/c1-16(2)23(32-27(37)44-29(5,6)7)24(36)42-25(17(3)4)43-28(38)35(26-31-22-13-10-18(30)15-34(22)33-26)20-12-11-19(45(9,39)40)14-21(20)41-8/h10-17,23,25H,1-9H3,(H,32,37)/t23-,25?/m0/s1. The fourth-order valence-electron chi connectivity index (χ4n) is 3.87. The lowest BCUT2D eigenvalue weighted by Gasteiger charge is -2.29. The number of hydrogen-bond donors (Lipinski definition) is 1. The van der Waals surface area contributed by atoms with Crippen molar-refractivity contribution in [3.05, 3.63) is 41.6 Å². The smallest absolute Gasteiger partial charge is 0.424 e. The molecule has 3 rings (SSSR count). The predicted octanol–water partition coefficient (Wildman–Crippen LogP) is 5.14. The van der Waals surface area contributed by atoms with Crippen LogP contribution in [0.5, 0.6) is 5.75 Å². The number of anilines is 2. The van der Waals surface area contributed by atoms with Crippen molar-refractivity contribution in [1.82, 2.24) is 19.9 Å². The van der Waals surface area contributed by atoms with E-state index in [1.54, 1.807) is 60.6 Å². The number of nitrogens with one attached hydrogen (secondary N) is 1. The summed E-state index contributed by atoms with van der Waals surface area (Å²) in [6.07, 6.45) is -0.810. The molecule has 2 atom stereocenters. The Bertz CT molecular complexity index is 1670. The first-order chi connectivity index (χ1) is 20.8. The van der Waals surface area contributed by atoms with Gasteiger partial charge in [0, 0.05) is 24.4 Å². The number of methoxy groups -OCH3 is 1. The maximum absolute atomic E-state index is 13.9. The van der Waals surface area contributed by atoms with E-state index >= 15 is 0 Å². The average molecular weight is 668 g/mol. The Morgan fingerprint density at radius 2 is 1.69 bits per heavy atom. The zero-order valence-electron chi connectivity index (χ0n) is 26.5. The van der Waals surface area contributed by atoms with Gasteiger partial charge in [0.15, 0.2) is 15.5 Å². The van der Waals surface area contributed by atoms with Crippen molar-refractivity contribution >= 4 is 56.9 Å². The molecule has 0 saturated carbocycles. The first-order valence-electron chi connectivity index (χ1n) is 13.9. The summed E-state index contributed by atoms with van der Waals surface area (Å²) in [7, 11) is -2.33. The summed E-state index contributed by atoms with van der Waals surface area (Å²) < 4.78 is 47.8. The topological polar surface area (TPSA) is 168 Å². The number of nitrogens with zero attached hydrogens (tertiary/aromatic N) is 4. The highest BCUT2D eigenvalue weighted by molar-refractivity contribution is 7.90. The number of alkyl carbamates (subject to hydrolysis) is 1. The molecular formula is C29H38ClN5O9S. The van der Waals surface area contributed by atoms with Crippen LogP contribution in [0.4, 0.5) is 21.2 Å². The monoisotopic (exact) mass is 667 g/mol. The van der Waals surface area contributed by atoms with E-state index in [2.05, 4.69) is 15.4 Å². The molecule has 45 heavy (non-hydrogen) atoms. The lowest BCUT2D eigenvalue weighted by molar-refractivity contribution is -0.178. The van der Waals surface area contributed by atoms with E-state index in [1.807, 2.05) is 0 Å². The normalized spacial score (nSPS) is 13.3. The highest BCUT2D eigenvalue weighted by Crippen LogP contribution is 2.36. The molecule has 2 aromatic heterocycles. The Hall–Kier alpha value is -4.11. The number of carbonyl (C=O) groups is 3. The van der Waals surface area contributed by atoms with Gasteiger partial charge in [0.05, 0.1) is 22.7 Å². The van der Waals surface area contributed by atoms with Gasteiger partial charge in [-0.25, -0.2) is 32.2 Å². The molecule has 1 aromatic carbocycles. The summed E-state index contributed by atoms with van der Waals surface area (Å²) in [6.45, 7) is 11.8. The van der Waals surface area contributed by atoms with Crippen LogP contribution in [0.15, 0.2) is 41.4 Å². The Labute approximate surface area is 266 Å². The summed E-state index contributed by atoms with van der Waals surface area (Å²) in [6, 6.07) is 5.91. The number of carbonyl (C=O) groups excluding carboxylic acids is 3. The summed E-state index contributed by atoms with van der Waals surface area (Å²) in [5.74, 6) is -1.99. The van der Waals surface area contributed by atoms with E-state index in [0.29, 0.717) is 10.7 Å². The minimum Gasteiger partial charge on any atom is -0.495 e. The van der Waals surface area contributed by atoms with Crippen LogP contribution < -0.4 is 15.0 Å². The van der Waals surface area contributed by atoms with Gasteiger partial charge in [-0.15, -0.1) is 5.10 Å². The predicted molar refractivity (Wildman–Crippen MR) is 165 cm³/mol. The summed E-state index contributed by atoms with van der Waals surface area (Å²) in [4.78, 5) is 44.9. The highest BCUT2D eigenvalue weighted by Gasteiger charge is 2.35. The average Bonchev–Trinajstić information content (AvgIpc) is 3.32. The van der Waals surface area contributed by atoms with Crippen LogP contribution in [-0.4, -0.2) is 72.5 Å². The second-order valence-electron chi connectivity index (χ2n) is 11.8. The van der Waals surface area contributed by atoms with Gasteiger partial charge in [-0.05, 0) is 51.0 Å². The van der Waals surface area contributed by atoms with Crippen LogP contribution in [0.25, 0.3) is 5.65 Å². The molecule has 2 amide bonds. The maximum Gasteiger partial charge on any atom is 0.424 e. The van der Waals surface area contributed by atoms with E-state index in [1.165, 1.54) is 36.0 Å². The second-order valence-corrected chi connectivity index (χ2v) is 14.3. The fraction of sp³-hybridized carbons (Fsp3) is 0.483. The zero-order valence-corrected chi connectivity index (χ0v) is 28.1. The number of ether oxygens (including phenoxy) is 4. The quantitative estimate of drug-likeness (QED) is 0.224. The molecule has 0 fully saturated rings. The number of sulfone groups is 1. The van der Waals surface area contributed by atoms with Crippen LogP contribution in [0, 0.1) is 11.8 Å². The van der Waals surface area contributed by atoms with Gasteiger partial charge < -0.3 is 24.3 Å². The Morgan fingerprint density at radius 1 is 1.02 bits per heavy atom. The van der Waals surface area contributed by atoms with E-state index in [9.17, 15) is 22.8 Å². The first-order valence-corrected chi connectivity index (χ1v) is 16.2. The minimum absolute atomic E-state index is 0.00807. The lowest BCUT2D eigenvalue weighted by atomic mass is 10.0. The van der Waals surface area contributed by atoms with Crippen LogP contribution in [0.2, 0.25) is 5.02 Å². The molecule has 3 aromatic rings. The third kappa shape index (κ3) is 9.20. The Kier molecular flexibility index (Phi) is 10.9. The van der Waals surface area contributed by atoms with Crippen molar-refractivity contribution in [2.24, 2.45) is 11.8 Å². The summed E-state index contributed by atoms with van der Waals surface area (Å²) in [5.41, 5.74) is -0.427. The molecule has 0 aliphatic heterocycles. The first kappa shape index (κ1) is 35.4. The number of pyridine rings is 1. The number of fused-ring (bicyclic) bond motifs is 1. The Balaban J connectivity index is 2.00. The molecule has 1 unspecified atom stereocenters. The number of halogens is 1. The maximum atomic E-state index is 13.9. The number of rotatable bonds is 10. The number of hydrogen-bond acceptors (Lipinski definition) is 11. The number of esters is 1. The van der Waals surface area contributed by atoms with E-state index in [-0.39, 0.29) is 22.3 Å². The molecule has 1 N–H and O–H groups in total. The third-order valence-corrected chi connectivity index (χ3v) is 7.41. The van der Waals surface area contributed by atoms with Crippen LogP contribution >= 0.6 is 11.6 Å². The number of benzene rings is 1. The number of amides is 2. The van der Waals surface area contributed by atoms with Crippen molar-refractivity contribution in [3.63, 3.8) is 0 Å². The van der Waals surface area contributed by atoms with Gasteiger partial charge in [-0.1, -0.05) is 39.3 Å². The molecule has 246 valence electrons. The largest absolute Gasteiger partial charge is 0.495 e. The van der Waals surface area contributed by atoms with Crippen molar-refractivity contribution in [1.29, 1.82) is 0 Å². The Morgan fingerprint density at radius 3 is 2.24 bits per heavy atom. The summed E-state index contributed by atoms with van der Waals surface area (Å²) >= 11 is 6.10. The van der Waals surface area contributed by atoms with Crippen LogP contribution in [0.1, 0.15) is 48.5 Å². The molecule has 0 saturated heterocycles. The molecule has 0 radical (unpaired) electrons. The molecule has 0 spiro atoms. The molecular weight excluding hydrogens is 630 g/mol. The second kappa shape index (κ2) is 13.9. The molecule has 14 nitrogen and oxygen atoms in total. The molecule has 0 bridgehead atoms. The van der Waals surface area contributed by atoms with Gasteiger partial charge in [-0.3, -0.25) is 0 Å². The minimum atomic E-state index is -3.63. The fourth-order valence-corrected chi connectivity index (χ4v) is 4.66. The molecule has 0 aliphatic rings. The zero-order chi connectivity index (χ0) is 33.9. The van der Waals surface area contributed by atoms with Crippen molar-refractivity contribution < 1.29 is 41.7 Å². The summed E-state index contributed by atoms with van der Waals surface area (Å²) in [5, 5.41) is 7.21. The molecule has 2 heterocycles. The van der Waals surface area contributed by atoms with E-state index in [4.69, 9.17) is 30.5 Å². The van der Waals surface area contributed by atoms with Gasteiger partial charge >= 0.3 is 18.2 Å². The third-order valence-electron chi connectivity index (χ3n) is 6.07. The highest BCUT2D eigenvalue weighted by atomic mass is 35.5. The van der Waals surface area contributed by atoms with Crippen LogP contribution in [0.3, 0.4) is 0 Å². The number of aromatic nitrogens is 3. The van der Waals surface area contributed by atoms with Gasteiger partial charge in [0.1, 0.15) is 17.4 Å². The van der Waals surface area contributed by atoms with Crippen LogP contribution in [-0.2, 0) is 28.8 Å². The van der Waals surface area contributed by atoms with Crippen molar-refractivity contribution in [3.8, 4) is 5.75 Å². The molecule has 0 aliphatic carbocycles. The van der Waals surface area contributed by atoms with Gasteiger partial charge in [0.2, 0.25) is 0 Å². The van der Waals surface area contributed by atoms with E-state index < -0.39 is 57.8 Å². The molecule has 16 heteroatoms. The van der Waals surface area contributed by atoms with Gasteiger partial charge in [0.25, 0.3) is 12.2 Å². The van der Waals surface area contributed by atoms with Crippen molar-refractivity contribution in [2.75, 3.05) is 18.3 Å². The van der Waals surface area contributed by atoms with Gasteiger partial charge in [-0.2, -0.15) is 4.98 Å². The van der Waals surface area contributed by atoms with Crippen molar-refractivity contribution in [2.45, 2.75) is 71.3 Å². The SMILES string of the molecule is COc1cc(S(C)(=O)=O)ccc1N(C(=O)OC(OC(=O)[C@@H](NC(=O)OC(C)(C)C)C(C)C)C(C)C)c1nc2ccc(Cl)cn2n1.